The molecule has 4 heteroatoms. The first-order valence-electron chi connectivity index (χ1n) is 5.80. The number of nitrogen functional groups attached to an aromatic ring is 1. The van der Waals surface area contributed by atoms with Gasteiger partial charge in [-0.1, -0.05) is 30.0 Å². The zero-order chi connectivity index (χ0) is 13.2. The Morgan fingerprint density at radius 1 is 1.00 bits per heavy atom. The lowest BCUT2D eigenvalue weighted by Crippen LogP contribution is -1.91. The third-order valence-corrected chi connectivity index (χ3v) is 4.98. The van der Waals surface area contributed by atoms with Crippen LogP contribution in [0.25, 0.3) is 10.8 Å². The minimum atomic E-state index is 0.806. The lowest BCUT2D eigenvalue weighted by Gasteiger charge is -2.09. The van der Waals surface area contributed by atoms with Crippen molar-refractivity contribution in [1.29, 1.82) is 0 Å². The molecule has 0 amide bonds. The van der Waals surface area contributed by atoms with E-state index in [1.54, 1.807) is 18.0 Å². The molecule has 2 nitrogen and oxygen atoms in total. The lowest BCUT2D eigenvalue weighted by atomic mass is 10.1. The van der Waals surface area contributed by atoms with Crippen LogP contribution in [0.2, 0.25) is 0 Å². The fourth-order valence-electron chi connectivity index (χ4n) is 1.91. The zero-order valence-electron chi connectivity index (χ0n) is 10.0. The minimum absolute atomic E-state index is 0.806. The maximum atomic E-state index is 6.25. The van der Waals surface area contributed by atoms with E-state index in [0.29, 0.717) is 0 Å². The van der Waals surface area contributed by atoms with E-state index in [2.05, 4.69) is 33.0 Å². The van der Waals surface area contributed by atoms with E-state index < -0.39 is 0 Å². The van der Waals surface area contributed by atoms with Crippen LogP contribution in [0.3, 0.4) is 0 Å². The molecule has 0 aliphatic heterocycles. The van der Waals surface area contributed by atoms with Gasteiger partial charge >= 0.3 is 0 Å². The molecule has 0 atom stereocenters. The van der Waals surface area contributed by atoms with Crippen LogP contribution in [0.1, 0.15) is 0 Å². The molecular weight excluding hydrogens is 320 g/mol. The summed E-state index contributed by atoms with van der Waals surface area (Å²) in [5.41, 5.74) is 7.06. The van der Waals surface area contributed by atoms with Crippen molar-refractivity contribution in [2.45, 2.75) is 9.79 Å². The van der Waals surface area contributed by atoms with Crippen molar-refractivity contribution in [2.75, 3.05) is 5.73 Å². The second-order valence-corrected chi connectivity index (χ2v) is 6.04. The first-order chi connectivity index (χ1) is 9.25. The van der Waals surface area contributed by atoms with Gasteiger partial charge in [0.15, 0.2) is 0 Å². The fourth-order valence-corrected chi connectivity index (χ4v) is 3.34. The Morgan fingerprint density at radius 3 is 2.68 bits per heavy atom. The second kappa shape index (κ2) is 5.23. The highest BCUT2D eigenvalue weighted by Crippen LogP contribution is 2.38. The topological polar surface area (TPSA) is 38.9 Å². The van der Waals surface area contributed by atoms with Gasteiger partial charge in [0.1, 0.15) is 0 Å². The Bertz CT molecular complexity index is 743. The highest BCUT2D eigenvalue weighted by molar-refractivity contribution is 9.10. The van der Waals surface area contributed by atoms with Gasteiger partial charge in [-0.15, -0.1) is 0 Å². The number of pyridine rings is 1. The van der Waals surface area contributed by atoms with E-state index in [1.807, 2.05) is 36.5 Å². The maximum absolute atomic E-state index is 6.25. The van der Waals surface area contributed by atoms with Crippen molar-refractivity contribution in [2.24, 2.45) is 0 Å². The molecule has 2 N–H and O–H groups in total. The highest BCUT2D eigenvalue weighted by atomic mass is 79.9. The monoisotopic (exact) mass is 330 g/mol. The molecule has 3 rings (SSSR count). The van der Waals surface area contributed by atoms with Crippen molar-refractivity contribution in [3.05, 3.63) is 59.3 Å². The van der Waals surface area contributed by atoms with E-state index in [4.69, 9.17) is 5.73 Å². The Kier molecular flexibility index (Phi) is 3.44. The molecule has 0 radical (unpaired) electrons. The minimum Gasteiger partial charge on any atom is -0.397 e. The predicted octanol–water partition coefficient (Wildman–Crippen LogP) is 4.73. The largest absolute Gasteiger partial charge is 0.397 e. The number of nitrogens with two attached hydrogens (primary N) is 1. The summed E-state index contributed by atoms with van der Waals surface area (Å²) in [6.45, 7) is 0. The van der Waals surface area contributed by atoms with Gasteiger partial charge in [-0.05, 0) is 40.2 Å². The molecule has 19 heavy (non-hydrogen) atoms. The van der Waals surface area contributed by atoms with Crippen LogP contribution < -0.4 is 5.73 Å². The van der Waals surface area contributed by atoms with E-state index in [9.17, 15) is 0 Å². The fraction of sp³-hybridized carbons (Fsp3) is 0. The molecule has 0 spiro atoms. The normalized spacial score (nSPS) is 10.8. The molecule has 1 aromatic heterocycles. The molecule has 0 unspecified atom stereocenters. The number of fused-ring (bicyclic) bond motifs is 1. The molecular formula is C15H11BrN2S. The van der Waals surface area contributed by atoms with Crippen molar-refractivity contribution < 1.29 is 0 Å². The summed E-state index contributed by atoms with van der Waals surface area (Å²) < 4.78 is 1.08. The summed E-state index contributed by atoms with van der Waals surface area (Å²) in [6.07, 6.45) is 3.60. The van der Waals surface area contributed by atoms with Gasteiger partial charge in [-0.3, -0.25) is 4.98 Å². The molecule has 0 saturated carbocycles. The summed E-state index contributed by atoms with van der Waals surface area (Å²) in [7, 11) is 0. The first kappa shape index (κ1) is 12.5. The van der Waals surface area contributed by atoms with Crippen LogP contribution in [0, 0.1) is 0 Å². The molecule has 0 saturated heterocycles. The zero-order valence-corrected chi connectivity index (χ0v) is 12.4. The number of rotatable bonds is 2. The summed E-state index contributed by atoms with van der Waals surface area (Å²) in [4.78, 5) is 6.33. The molecule has 0 fully saturated rings. The van der Waals surface area contributed by atoms with Gasteiger partial charge in [-0.25, -0.2) is 0 Å². The molecule has 94 valence electrons. The van der Waals surface area contributed by atoms with Crippen LogP contribution in [0.5, 0.6) is 0 Å². The maximum Gasteiger partial charge on any atom is 0.0536 e. The molecule has 0 bridgehead atoms. The molecule has 0 aliphatic rings. The van der Waals surface area contributed by atoms with Crippen LogP contribution in [-0.2, 0) is 0 Å². The number of aromatic nitrogens is 1. The molecule has 2 aromatic carbocycles. The Balaban J connectivity index is 2.07. The third-order valence-electron chi connectivity index (χ3n) is 2.88. The quantitative estimate of drug-likeness (QED) is 0.690. The van der Waals surface area contributed by atoms with Crippen molar-refractivity contribution in [3.8, 4) is 0 Å². The van der Waals surface area contributed by atoms with Gasteiger partial charge in [-0.2, -0.15) is 0 Å². The van der Waals surface area contributed by atoms with E-state index >= 15 is 0 Å². The summed E-state index contributed by atoms with van der Waals surface area (Å²) in [6, 6.07) is 14.2. The van der Waals surface area contributed by atoms with Crippen molar-refractivity contribution in [3.63, 3.8) is 0 Å². The Labute approximate surface area is 124 Å². The predicted molar refractivity (Wildman–Crippen MR) is 84.4 cm³/mol. The number of benzene rings is 2. The van der Waals surface area contributed by atoms with Crippen LogP contribution in [0.15, 0.2) is 69.1 Å². The summed E-state index contributed by atoms with van der Waals surface area (Å²) in [5, 5.41) is 2.11. The Morgan fingerprint density at radius 2 is 1.84 bits per heavy atom. The number of hydrogen-bond acceptors (Lipinski definition) is 3. The highest BCUT2D eigenvalue weighted by Gasteiger charge is 2.07. The van der Waals surface area contributed by atoms with Gasteiger partial charge in [0.2, 0.25) is 0 Å². The first-order valence-corrected chi connectivity index (χ1v) is 7.41. The van der Waals surface area contributed by atoms with Gasteiger partial charge in [0.25, 0.3) is 0 Å². The van der Waals surface area contributed by atoms with Gasteiger partial charge < -0.3 is 5.73 Å². The molecule has 1 heterocycles. The third kappa shape index (κ3) is 2.46. The Hall–Kier alpha value is -1.52. The van der Waals surface area contributed by atoms with Crippen molar-refractivity contribution >= 4 is 44.2 Å². The van der Waals surface area contributed by atoms with Gasteiger partial charge in [0.05, 0.1) is 5.69 Å². The van der Waals surface area contributed by atoms with E-state index in [1.165, 1.54) is 0 Å². The van der Waals surface area contributed by atoms with Crippen molar-refractivity contribution in [1.82, 2.24) is 4.98 Å². The van der Waals surface area contributed by atoms with Crippen LogP contribution >= 0.6 is 27.7 Å². The standard InChI is InChI=1S/C15H11BrN2S/c16-12-3-1-2-4-13(12)19-14-6-5-10-9-18-8-7-11(10)15(14)17/h1-9H,17H2. The lowest BCUT2D eigenvalue weighted by molar-refractivity contribution is 1.35. The summed E-state index contributed by atoms with van der Waals surface area (Å²) in [5.74, 6) is 0. The average Bonchev–Trinajstić information content (AvgIpc) is 2.44. The van der Waals surface area contributed by atoms with Gasteiger partial charge in [0, 0.05) is 37.4 Å². The van der Waals surface area contributed by atoms with Crippen LogP contribution in [0.4, 0.5) is 5.69 Å². The average molecular weight is 331 g/mol. The number of anilines is 1. The smallest absolute Gasteiger partial charge is 0.0536 e. The van der Waals surface area contributed by atoms with E-state index in [0.717, 1.165) is 30.7 Å². The van der Waals surface area contributed by atoms with Crippen LogP contribution in [-0.4, -0.2) is 4.98 Å². The molecule has 3 aromatic rings. The van der Waals surface area contributed by atoms with E-state index in [-0.39, 0.29) is 0 Å². The SMILES string of the molecule is Nc1c(Sc2ccccc2Br)ccc2cnccc12. The number of halogens is 1. The number of hydrogen-bond donors (Lipinski definition) is 1. The molecule has 0 aliphatic carbocycles. The number of nitrogens with zero attached hydrogens (tertiary/aromatic N) is 1. The second-order valence-electron chi connectivity index (χ2n) is 4.11. The summed E-state index contributed by atoms with van der Waals surface area (Å²) >= 11 is 5.22.